The molecule has 7 nitrogen and oxygen atoms in total. The average molecular weight is 592 g/mol. The zero-order valence-electron chi connectivity index (χ0n) is 17.5. The van der Waals surface area contributed by atoms with Crippen LogP contribution >= 0.6 is 43.6 Å². The molecule has 2 fully saturated rings. The first-order chi connectivity index (χ1) is 15.8. The van der Waals surface area contributed by atoms with Gasteiger partial charge in [0.05, 0.1) is 17.5 Å². The van der Waals surface area contributed by atoms with Crippen molar-refractivity contribution in [3.05, 3.63) is 84.2 Å². The third-order valence-electron chi connectivity index (χ3n) is 5.93. The van der Waals surface area contributed by atoms with Gasteiger partial charge in [0.15, 0.2) is 9.34 Å². The van der Waals surface area contributed by atoms with E-state index in [1.54, 1.807) is 33.7 Å². The van der Waals surface area contributed by atoms with E-state index in [1.165, 1.54) is 0 Å². The standard InChI is InChI=1S/C23H20Br2N4O3S/c1-22(14-28-13-12-26-27-28)18(29-20(31)23(24,25)21(29)33-22)19(30)32-17(15-8-4-2-5-9-15)16-10-6-3-7-11-16/h2-13,17-18,21H,14H2,1H3. The topological polar surface area (TPSA) is 77.3 Å². The minimum Gasteiger partial charge on any atom is -0.451 e. The molecule has 10 heteroatoms. The van der Waals surface area contributed by atoms with Gasteiger partial charge in [-0.25, -0.2) is 4.79 Å². The third-order valence-corrected chi connectivity index (χ3v) is 9.78. The fourth-order valence-corrected chi connectivity index (χ4v) is 7.43. The first-order valence-electron chi connectivity index (χ1n) is 10.3. The summed E-state index contributed by atoms with van der Waals surface area (Å²) in [6, 6.07) is 18.4. The Kier molecular flexibility index (Phi) is 5.86. The van der Waals surface area contributed by atoms with Crippen molar-refractivity contribution in [3.8, 4) is 0 Å². The molecule has 1 aromatic heterocycles. The molecule has 0 radical (unpaired) electrons. The number of rotatable bonds is 6. The largest absolute Gasteiger partial charge is 0.451 e. The first-order valence-corrected chi connectivity index (χ1v) is 12.8. The number of fused-ring (bicyclic) bond motifs is 1. The molecule has 0 bridgehead atoms. The highest BCUT2D eigenvalue weighted by Crippen LogP contribution is 2.61. The number of aromatic nitrogens is 3. The molecule has 2 saturated heterocycles. The van der Waals surface area contributed by atoms with Crippen molar-refractivity contribution in [3.63, 3.8) is 0 Å². The Bertz CT molecular complexity index is 1120. The summed E-state index contributed by atoms with van der Waals surface area (Å²) in [7, 11) is 0. The van der Waals surface area contributed by atoms with Gasteiger partial charge in [0, 0.05) is 6.20 Å². The van der Waals surface area contributed by atoms with Crippen molar-refractivity contribution < 1.29 is 14.3 Å². The lowest BCUT2D eigenvalue weighted by atomic mass is 9.95. The lowest BCUT2D eigenvalue weighted by Gasteiger charge is -2.46. The number of carbonyl (C=O) groups is 2. The average Bonchev–Trinajstić information content (AvgIpc) is 3.43. The lowest BCUT2D eigenvalue weighted by molar-refractivity contribution is -0.164. The second kappa shape index (κ2) is 8.56. The predicted octanol–water partition coefficient (Wildman–Crippen LogP) is 4.14. The molecule has 3 atom stereocenters. The number of hydrogen-bond acceptors (Lipinski definition) is 6. The molecular weight excluding hydrogens is 572 g/mol. The van der Waals surface area contributed by atoms with Gasteiger partial charge in [-0.05, 0) is 18.1 Å². The van der Waals surface area contributed by atoms with Crippen LogP contribution in [0.2, 0.25) is 0 Å². The number of halogens is 2. The van der Waals surface area contributed by atoms with Gasteiger partial charge < -0.3 is 9.64 Å². The third kappa shape index (κ3) is 3.91. The molecule has 0 aliphatic carbocycles. The number of thioether (sulfide) groups is 1. The fourth-order valence-electron chi connectivity index (χ4n) is 4.38. The van der Waals surface area contributed by atoms with E-state index in [0.717, 1.165) is 11.1 Å². The summed E-state index contributed by atoms with van der Waals surface area (Å²) in [5.74, 6) is -0.644. The van der Waals surface area contributed by atoms with Gasteiger partial charge in [-0.2, -0.15) is 0 Å². The highest BCUT2D eigenvalue weighted by Gasteiger charge is 2.71. The van der Waals surface area contributed by atoms with Crippen molar-refractivity contribution in [2.45, 2.75) is 39.0 Å². The number of carbonyl (C=O) groups excluding carboxylic acids is 2. The zero-order valence-corrected chi connectivity index (χ0v) is 21.5. The van der Waals surface area contributed by atoms with Crippen LogP contribution in [0.3, 0.4) is 0 Å². The molecule has 0 saturated carbocycles. The van der Waals surface area contributed by atoms with Crippen molar-refractivity contribution in [1.82, 2.24) is 19.9 Å². The van der Waals surface area contributed by atoms with Crippen molar-refractivity contribution in [1.29, 1.82) is 0 Å². The van der Waals surface area contributed by atoms with Gasteiger partial charge in [-0.15, -0.1) is 16.9 Å². The molecule has 0 spiro atoms. The maximum Gasteiger partial charge on any atom is 0.331 e. The highest BCUT2D eigenvalue weighted by molar-refractivity contribution is 9.26. The van der Waals surface area contributed by atoms with E-state index in [-0.39, 0.29) is 11.3 Å². The molecule has 2 aromatic carbocycles. The Morgan fingerprint density at radius 2 is 1.73 bits per heavy atom. The molecule has 3 heterocycles. The summed E-state index contributed by atoms with van der Waals surface area (Å²) < 4.78 is 6.27. The summed E-state index contributed by atoms with van der Waals surface area (Å²) in [6.07, 6.45) is 2.75. The lowest BCUT2D eigenvalue weighted by Crippen LogP contribution is -2.68. The molecule has 1 amide bonds. The van der Waals surface area contributed by atoms with Crippen LogP contribution < -0.4 is 0 Å². The molecule has 33 heavy (non-hydrogen) atoms. The van der Waals surface area contributed by atoms with Gasteiger partial charge in [-0.3, -0.25) is 9.48 Å². The van der Waals surface area contributed by atoms with Crippen LogP contribution in [0, 0.1) is 0 Å². The molecule has 5 rings (SSSR count). The molecule has 170 valence electrons. The number of alkyl halides is 2. The molecule has 2 aliphatic rings. The van der Waals surface area contributed by atoms with Crippen LogP contribution in [0.4, 0.5) is 0 Å². The molecule has 3 aromatic rings. The van der Waals surface area contributed by atoms with Crippen LogP contribution in [0.5, 0.6) is 0 Å². The van der Waals surface area contributed by atoms with E-state index in [2.05, 4.69) is 42.2 Å². The number of ether oxygens (including phenoxy) is 1. The van der Waals surface area contributed by atoms with Gasteiger partial charge in [-0.1, -0.05) is 97.7 Å². The van der Waals surface area contributed by atoms with Crippen LogP contribution in [-0.2, 0) is 20.9 Å². The Labute approximate surface area is 212 Å². The Morgan fingerprint density at radius 3 is 2.27 bits per heavy atom. The maximum atomic E-state index is 13.8. The van der Waals surface area contributed by atoms with E-state index in [4.69, 9.17) is 4.74 Å². The first kappa shape index (κ1) is 22.6. The van der Waals surface area contributed by atoms with E-state index in [1.807, 2.05) is 67.6 Å². The minimum atomic E-state index is -0.901. The number of amides is 1. The number of β-lactam (4-membered cyclic amide) rings is 1. The van der Waals surface area contributed by atoms with Crippen LogP contribution in [0.25, 0.3) is 0 Å². The van der Waals surface area contributed by atoms with E-state index in [9.17, 15) is 9.59 Å². The Morgan fingerprint density at radius 1 is 1.12 bits per heavy atom. The van der Waals surface area contributed by atoms with Gasteiger partial charge >= 0.3 is 5.97 Å². The smallest absolute Gasteiger partial charge is 0.331 e. The van der Waals surface area contributed by atoms with Crippen LogP contribution in [-0.4, -0.2) is 51.2 Å². The molecule has 3 unspecified atom stereocenters. The fraction of sp³-hybridized carbons (Fsp3) is 0.304. The Balaban J connectivity index is 1.49. The van der Waals surface area contributed by atoms with E-state index < -0.39 is 26.1 Å². The number of esters is 1. The van der Waals surface area contributed by atoms with Crippen molar-refractivity contribution in [2.24, 2.45) is 0 Å². The summed E-state index contributed by atoms with van der Waals surface area (Å²) in [4.78, 5) is 28.4. The number of nitrogens with zero attached hydrogens (tertiary/aromatic N) is 4. The monoisotopic (exact) mass is 590 g/mol. The second-order valence-corrected chi connectivity index (χ2v) is 13.4. The molecular formula is C23H20Br2N4O3S. The van der Waals surface area contributed by atoms with Gasteiger partial charge in [0.1, 0.15) is 11.4 Å². The summed E-state index contributed by atoms with van der Waals surface area (Å²) in [5.41, 5.74) is 1.73. The normalized spacial score (nSPS) is 25.6. The SMILES string of the molecule is CC1(Cn2ccnn2)SC2N(C(=O)C2(Br)Br)C1C(=O)OC(c1ccccc1)c1ccccc1. The molecule has 0 N–H and O–H groups in total. The van der Waals surface area contributed by atoms with Crippen molar-refractivity contribution in [2.75, 3.05) is 0 Å². The van der Waals surface area contributed by atoms with E-state index >= 15 is 0 Å². The predicted molar refractivity (Wildman–Crippen MR) is 132 cm³/mol. The Hall–Kier alpha value is -2.17. The quantitative estimate of drug-likeness (QED) is 0.244. The molecule has 2 aliphatic heterocycles. The second-order valence-electron chi connectivity index (χ2n) is 8.26. The highest BCUT2D eigenvalue weighted by atomic mass is 79.9. The van der Waals surface area contributed by atoms with Gasteiger partial charge in [0.2, 0.25) is 0 Å². The summed E-state index contributed by atoms with van der Waals surface area (Å²) in [6.45, 7) is 2.36. The van der Waals surface area contributed by atoms with Gasteiger partial charge in [0.25, 0.3) is 5.91 Å². The summed E-state index contributed by atoms with van der Waals surface area (Å²) >= 11 is 8.52. The van der Waals surface area contributed by atoms with Crippen molar-refractivity contribution >= 4 is 55.5 Å². The minimum absolute atomic E-state index is 0.194. The van der Waals surface area contributed by atoms with Crippen LogP contribution in [0.15, 0.2) is 73.1 Å². The maximum absolute atomic E-state index is 13.8. The number of benzene rings is 2. The van der Waals surface area contributed by atoms with Crippen LogP contribution in [0.1, 0.15) is 24.2 Å². The number of hydrogen-bond donors (Lipinski definition) is 0. The van der Waals surface area contributed by atoms with E-state index in [0.29, 0.717) is 6.54 Å². The zero-order chi connectivity index (χ0) is 23.2. The summed E-state index contributed by atoms with van der Waals surface area (Å²) in [5, 5.41) is 7.69.